The lowest BCUT2D eigenvalue weighted by molar-refractivity contribution is 0.598. The first-order valence-electron chi connectivity index (χ1n) is 4.64. The minimum absolute atomic E-state index is 0.0647. The Hall–Kier alpha value is -0.880. The van der Waals surface area contributed by atoms with E-state index < -0.39 is 10.0 Å². The Morgan fingerprint density at radius 1 is 1.38 bits per heavy atom. The van der Waals surface area contributed by atoms with Crippen LogP contribution in [-0.4, -0.2) is 15.0 Å². The van der Waals surface area contributed by atoms with Crippen LogP contribution in [0, 0.1) is 0 Å². The molecule has 0 unspecified atom stereocenters. The van der Waals surface area contributed by atoms with Gasteiger partial charge in [0.2, 0.25) is 10.0 Å². The topological polar surface area (TPSA) is 86.2 Å². The van der Waals surface area contributed by atoms with E-state index in [-0.39, 0.29) is 9.92 Å². The summed E-state index contributed by atoms with van der Waals surface area (Å²) in [7, 11) is -3.75. The second kappa shape index (κ2) is 5.45. The second-order valence-electron chi connectivity index (χ2n) is 3.21. The van der Waals surface area contributed by atoms with Gasteiger partial charge in [0, 0.05) is 0 Å². The molecule has 0 heterocycles. The Balaban J connectivity index is 3.01. The first-order chi connectivity index (χ1) is 7.45. The highest BCUT2D eigenvalue weighted by Gasteiger charge is 2.12. The number of rotatable bonds is 4. The van der Waals surface area contributed by atoms with Gasteiger partial charge in [0.25, 0.3) is 0 Å². The van der Waals surface area contributed by atoms with Crippen molar-refractivity contribution in [2.45, 2.75) is 11.3 Å². The van der Waals surface area contributed by atoms with Crippen LogP contribution in [0.1, 0.15) is 12.0 Å². The Morgan fingerprint density at radius 2 is 2.06 bits per heavy atom. The van der Waals surface area contributed by atoms with E-state index in [1.54, 1.807) is 12.1 Å². The molecule has 0 saturated carbocycles. The SMILES string of the molecule is NCCC=Cc1ccc(S(N)(=O)=O)c(Cl)c1. The van der Waals surface area contributed by atoms with E-state index in [2.05, 4.69) is 0 Å². The summed E-state index contributed by atoms with van der Waals surface area (Å²) < 4.78 is 22.2. The van der Waals surface area contributed by atoms with Crippen molar-refractivity contribution in [3.63, 3.8) is 0 Å². The summed E-state index contributed by atoms with van der Waals surface area (Å²) >= 11 is 5.81. The average Bonchev–Trinajstić information content (AvgIpc) is 2.16. The highest BCUT2D eigenvalue weighted by molar-refractivity contribution is 7.89. The van der Waals surface area contributed by atoms with Gasteiger partial charge in [-0.3, -0.25) is 0 Å². The quantitative estimate of drug-likeness (QED) is 0.857. The number of halogens is 1. The van der Waals surface area contributed by atoms with Gasteiger partial charge in [-0.1, -0.05) is 29.8 Å². The molecule has 0 aliphatic carbocycles. The van der Waals surface area contributed by atoms with Crippen molar-refractivity contribution >= 4 is 27.7 Å². The number of hydrogen-bond acceptors (Lipinski definition) is 3. The van der Waals surface area contributed by atoms with E-state index in [4.69, 9.17) is 22.5 Å². The summed E-state index contributed by atoms with van der Waals surface area (Å²) in [6.45, 7) is 0.569. The summed E-state index contributed by atoms with van der Waals surface area (Å²) in [4.78, 5) is -0.0647. The Bertz CT molecular complexity index is 498. The maximum atomic E-state index is 11.1. The Morgan fingerprint density at radius 3 is 2.56 bits per heavy atom. The normalized spacial score (nSPS) is 12.2. The number of primary sulfonamides is 1. The molecule has 0 fully saturated rings. The molecular weight excluding hydrogens is 248 g/mol. The smallest absolute Gasteiger partial charge is 0.239 e. The van der Waals surface area contributed by atoms with Crippen LogP contribution in [0.5, 0.6) is 0 Å². The third-order valence-corrected chi connectivity index (χ3v) is 3.30. The lowest BCUT2D eigenvalue weighted by atomic mass is 10.2. The van der Waals surface area contributed by atoms with E-state index in [1.807, 2.05) is 12.2 Å². The Kier molecular flexibility index (Phi) is 4.49. The summed E-state index contributed by atoms with van der Waals surface area (Å²) in [6, 6.07) is 4.58. The molecule has 0 spiro atoms. The summed E-state index contributed by atoms with van der Waals surface area (Å²) in [5, 5.41) is 5.11. The van der Waals surface area contributed by atoms with Crippen molar-refractivity contribution in [2.24, 2.45) is 10.9 Å². The van der Waals surface area contributed by atoms with E-state index in [0.717, 1.165) is 12.0 Å². The number of nitrogens with two attached hydrogens (primary N) is 2. The molecule has 4 nitrogen and oxygen atoms in total. The molecule has 4 N–H and O–H groups in total. The second-order valence-corrected chi connectivity index (χ2v) is 5.15. The van der Waals surface area contributed by atoms with E-state index in [9.17, 15) is 8.42 Å². The maximum Gasteiger partial charge on any atom is 0.239 e. The van der Waals surface area contributed by atoms with Gasteiger partial charge in [-0.15, -0.1) is 0 Å². The van der Waals surface area contributed by atoms with Crippen molar-refractivity contribution in [3.05, 3.63) is 34.9 Å². The van der Waals surface area contributed by atoms with Gasteiger partial charge >= 0.3 is 0 Å². The molecule has 0 aliphatic rings. The zero-order valence-corrected chi connectivity index (χ0v) is 10.1. The van der Waals surface area contributed by atoms with Gasteiger partial charge in [0.15, 0.2) is 0 Å². The maximum absolute atomic E-state index is 11.1. The summed E-state index contributed by atoms with van der Waals surface area (Å²) in [5.41, 5.74) is 6.14. The van der Waals surface area contributed by atoms with Crippen molar-refractivity contribution in [1.82, 2.24) is 0 Å². The van der Waals surface area contributed by atoms with Crippen LogP contribution in [0.15, 0.2) is 29.2 Å². The van der Waals surface area contributed by atoms with Crippen LogP contribution >= 0.6 is 11.6 Å². The van der Waals surface area contributed by atoms with Crippen molar-refractivity contribution < 1.29 is 8.42 Å². The average molecular weight is 261 g/mol. The molecule has 16 heavy (non-hydrogen) atoms. The summed E-state index contributed by atoms with van der Waals surface area (Å²) in [5.74, 6) is 0. The highest BCUT2D eigenvalue weighted by Crippen LogP contribution is 2.22. The molecule has 0 aliphatic heterocycles. The summed E-state index contributed by atoms with van der Waals surface area (Å²) in [6.07, 6.45) is 4.47. The van der Waals surface area contributed by atoms with Crippen LogP contribution in [0.25, 0.3) is 6.08 Å². The number of hydrogen-bond donors (Lipinski definition) is 2. The minimum atomic E-state index is -3.75. The minimum Gasteiger partial charge on any atom is -0.330 e. The molecule has 88 valence electrons. The van der Waals surface area contributed by atoms with Crippen molar-refractivity contribution in [1.29, 1.82) is 0 Å². The fourth-order valence-corrected chi connectivity index (χ4v) is 2.27. The van der Waals surface area contributed by atoms with Gasteiger partial charge in [-0.2, -0.15) is 0 Å². The monoisotopic (exact) mass is 260 g/mol. The third-order valence-electron chi connectivity index (χ3n) is 1.91. The van der Waals surface area contributed by atoms with Gasteiger partial charge < -0.3 is 5.73 Å². The van der Waals surface area contributed by atoms with E-state index >= 15 is 0 Å². The molecule has 1 aromatic carbocycles. The van der Waals surface area contributed by atoms with Gasteiger partial charge in [-0.25, -0.2) is 13.6 Å². The molecule has 1 aromatic rings. The standard InChI is InChI=1S/C10H13ClN2O2S/c11-9-7-8(3-1-2-6-12)4-5-10(9)16(13,14)15/h1,3-5,7H,2,6,12H2,(H2,13,14,15). The predicted molar refractivity (Wildman–Crippen MR) is 65.5 cm³/mol. The predicted octanol–water partition coefficient (Wildman–Crippen LogP) is 1.35. The van der Waals surface area contributed by atoms with Crippen LogP contribution in [-0.2, 0) is 10.0 Å². The highest BCUT2D eigenvalue weighted by atomic mass is 35.5. The fraction of sp³-hybridized carbons (Fsp3) is 0.200. The number of benzene rings is 1. The lowest BCUT2D eigenvalue weighted by Crippen LogP contribution is -2.12. The fourth-order valence-electron chi connectivity index (χ4n) is 1.17. The molecule has 0 bridgehead atoms. The number of sulfonamides is 1. The van der Waals surface area contributed by atoms with E-state index in [0.29, 0.717) is 6.54 Å². The van der Waals surface area contributed by atoms with Crippen molar-refractivity contribution in [3.8, 4) is 0 Å². The molecule has 0 aromatic heterocycles. The Labute approximate surface area is 99.9 Å². The molecule has 0 saturated heterocycles. The zero-order chi connectivity index (χ0) is 12.2. The third kappa shape index (κ3) is 3.61. The van der Waals surface area contributed by atoms with Crippen molar-refractivity contribution in [2.75, 3.05) is 6.54 Å². The van der Waals surface area contributed by atoms with Gasteiger partial charge in [-0.05, 0) is 30.7 Å². The van der Waals surface area contributed by atoms with Gasteiger partial charge in [0.1, 0.15) is 4.90 Å². The largest absolute Gasteiger partial charge is 0.330 e. The first-order valence-corrected chi connectivity index (χ1v) is 6.56. The molecule has 6 heteroatoms. The first kappa shape index (κ1) is 13.2. The van der Waals surface area contributed by atoms with Crippen LogP contribution in [0.2, 0.25) is 5.02 Å². The zero-order valence-electron chi connectivity index (χ0n) is 8.56. The van der Waals surface area contributed by atoms with Gasteiger partial charge in [0.05, 0.1) is 5.02 Å². The van der Waals surface area contributed by atoms with E-state index in [1.165, 1.54) is 6.07 Å². The molecule has 0 amide bonds. The molecule has 0 atom stereocenters. The molecular formula is C10H13ClN2O2S. The van der Waals surface area contributed by atoms with Crippen LogP contribution < -0.4 is 10.9 Å². The molecule has 0 radical (unpaired) electrons. The van der Waals surface area contributed by atoms with Crippen LogP contribution in [0.4, 0.5) is 0 Å². The van der Waals surface area contributed by atoms with Crippen LogP contribution in [0.3, 0.4) is 0 Å². The lowest BCUT2D eigenvalue weighted by Gasteiger charge is -2.02. The molecule has 1 rings (SSSR count).